The van der Waals surface area contributed by atoms with Gasteiger partial charge in [0.15, 0.2) is 0 Å². The minimum absolute atomic E-state index is 0.245. The maximum absolute atomic E-state index is 9.58. The molecule has 2 atom stereocenters. The number of aromatic nitrogens is 1. The van der Waals surface area contributed by atoms with E-state index in [9.17, 15) is 5.26 Å². The molecule has 5 nitrogen and oxygen atoms in total. The summed E-state index contributed by atoms with van der Waals surface area (Å²) in [6, 6.07) is 4.94. The minimum atomic E-state index is 0.245. The van der Waals surface area contributed by atoms with Crippen molar-refractivity contribution in [3.05, 3.63) is 34.2 Å². The Hall–Kier alpha value is -2.32. The predicted molar refractivity (Wildman–Crippen MR) is 83.1 cm³/mol. The molecule has 4 heterocycles. The van der Waals surface area contributed by atoms with Crippen LogP contribution in [0, 0.1) is 25.2 Å². The molecule has 2 aromatic heterocycles. The van der Waals surface area contributed by atoms with E-state index in [1.54, 1.807) is 0 Å². The monoisotopic (exact) mass is 294 g/mol. The Morgan fingerprint density at radius 1 is 1.41 bits per heavy atom. The van der Waals surface area contributed by atoms with E-state index < -0.39 is 0 Å². The number of pyridine rings is 1. The van der Waals surface area contributed by atoms with Gasteiger partial charge in [-0.25, -0.2) is 4.98 Å². The lowest BCUT2D eigenvalue weighted by Gasteiger charge is -2.26. The molecule has 22 heavy (non-hydrogen) atoms. The fourth-order valence-corrected chi connectivity index (χ4v) is 3.71. The third kappa shape index (κ3) is 1.77. The topological polar surface area (TPSA) is 87.9 Å². The summed E-state index contributed by atoms with van der Waals surface area (Å²) in [6.45, 7) is 3.95. The Morgan fingerprint density at radius 3 is 2.91 bits per heavy atom. The van der Waals surface area contributed by atoms with Crippen molar-refractivity contribution in [2.24, 2.45) is 0 Å². The van der Waals surface area contributed by atoms with Crippen molar-refractivity contribution in [2.75, 3.05) is 5.73 Å². The lowest BCUT2D eigenvalue weighted by molar-refractivity contribution is 0.503. The third-order valence-electron chi connectivity index (χ3n) is 4.89. The molecule has 4 rings (SSSR count). The molecule has 1 saturated heterocycles. The van der Waals surface area contributed by atoms with Crippen molar-refractivity contribution in [3.63, 3.8) is 0 Å². The first-order valence-corrected chi connectivity index (χ1v) is 7.64. The molecule has 0 aromatic carbocycles. The van der Waals surface area contributed by atoms with Crippen LogP contribution in [0.15, 0.2) is 10.5 Å². The number of furan rings is 1. The number of fused-ring (bicyclic) bond motifs is 4. The van der Waals surface area contributed by atoms with Crippen molar-refractivity contribution < 1.29 is 4.42 Å². The molecule has 1 fully saturated rings. The second-order valence-corrected chi connectivity index (χ2v) is 6.27. The van der Waals surface area contributed by atoms with Gasteiger partial charge < -0.3 is 15.5 Å². The summed E-state index contributed by atoms with van der Waals surface area (Å²) in [5, 5.41) is 13.2. The molecule has 3 N–H and O–H groups in total. The molecule has 2 bridgehead atoms. The zero-order valence-corrected chi connectivity index (χ0v) is 12.7. The van der Waals surface area contributed by atoms with Crippen LogP contribution in [-0.4, -0.2) is 11.0 Å². The van der Waals surface area contributed by atoms with Gasteiger partial charge >= 0.3 is 0 Å². The van der Waals surface area contributed by atoms with Crippen LogP contribution in [0.5, 0.6) is 0 Å². The van der Waals surface area contributed by atoms with E-state index in [1.165, 1.54) is 0 Å². The van der Waals surface area contributed by atoms with Crippen LogP contribution in [0.1, 0.15) is 47.0 Å². The van der Waals surface area contributed by atoms with Crippen molar-refractivity contribution >= 4 is 5.82 Å². The van der Waals surface area contributed by atoms with Gasteiger partial charge in [0.1, 0.15) is 29.0 Å². The summed E-state index contributed by atoms with van der Waals surface area (Å²) in [5.74, 6) is 1.91. The number of nitrogens with zero attached hydrogens (tertiary/aromatic N) is 2. The van der Waals surface area contributed by atoms with E-state index >= 15 is 0 Å². The molecule has 0 radical (unpaired) electrons. The van der Waals surface area contributed by atoms with Crippen LogP contribution in [0.25, 0.3) is 11.3 Å². The van der Waals surface area contributed by atoms with Gasteiger partial charge in [-0.15, -0.1) is 0 Å². The summed E-state index contributed by atoms with van der Waals surface area (Å²) in [7, 11) is 0. The number of nitriles is 1. The van der Waals surface area contributed by atoms with Crippen LogP contribution in [0.4, 0.5) is 5.82 Å². The maximum Gasteiger partial charge on any atom is 0.142 e. The van der Waals surface area contributed by atoms with Gasteiger partial charge in [-0.2, -0.15) is 5.26 Å². The largest absolute Gasteiger partial charge is 0.461 e. The molecule has 0 saturated carbocycles. The second-order valence-electron chi connectivity index (χ2n) is 6.27. The Labute approximate surface area is 129 Å². The minimum Gasteiger partial charge on any atom is -0.461 e. The SMILES string of the molecule is Cc1cc(-c2c(C#N)c(N)nc3c2[C@@H]2CC[C@H](C3)N2)oc1C. The van der Waals surface area contributed by atoms with E-state index in [2.05, 4.69) is 16.4 Å². The average Bonchev–Trinajstić information content (AvgIpc) is 3.02. The van der Waals surface area contributed by atoms with Crippen LogP contribution in [-0.2, 0) is 6.42 Å². The highest BCUT2D eigenvalue weighted by Crippen LogP contribution is 2.44. The van der Waals surface area contributed by atoms with Gasteiger partial charge in [0.05, 0.1) is 0 Å². The molecule has 0 amide bonds. The first-order chi connectivity index (χ1) is 10.6. The Balaban J connectivity index is 2.03. The number of nitrogen functional groups attached to an aromatic ring is 1. The van der Waals surface area contributed by atoms with E-state index in [0.29, 0.717) is 17.4 Å². The highest BCUT2D eigenvalue weighted by atomic mass is 16.3. The van der Waals surface area contributed by atoms with Crippen molar-refractivity contribution in [3.8, 4) is 17.4 Å². The van der Waals surface area contributed by atoms with E-state index in [4.69, 9.17) is 10.2 Å². The molecule has 0 spiro atoms. The number of anilines is 1. The first kappa shape index (κ1) is 13.4. The average molecular weight is 294 g/mol. The van der Waals surface area contributed by atoms with Gasteiger partial charge in [0.25, 0.3) is 0 Å². The van der Waals surface area contributed by atoms with Gasteiger partial charge in [0, 0.05) is 35.3 Å². The maximum atomic E-state index is 9.58. The highest BCUT2D eigenvalue weighted by molar-refractivity contribution is 5.77. The van der Waals surface area contributed by atoms with Gasteiger partial charge in [0.2, 0.25) is 0 Å². The molecule has 2 aliphatic heterocycles. The number of nitrogens with one attached hydrogen (secondary N) is 1. The molecule has 2 aromatic rings. The molecule has 2 aliphatic rings. The molecule has 0 unspecified atom stereocenters. The smallest absolute Gasteiger partial charge is 0.142 e. The van der Waals surface area contributed by atoms with E-state index in [1.807, 2.05) is 19.9 Å². The van der Waals surface area contributed by atoms with Crippen LogP contribution >= 0.6 is 0 Å². The summed E-state index contributed by atoms with van der Waals surface area (Å²) < 4.78 is 5.91. The first-order valence-electron chi connectivity index (χ1n) is 7.64. The Bertz CT molecular complexity index is 796. The number of aryl methyl sites for hydroxylation is 2. The summed E-state index contributed by atoms with van der Waals surface area (Å²) in [5.41, 5.74) is 10.5. The lowest BCUT2D eigenvalue weighted by atomic mass is 9.90. The van der Waals surface area contributed by atoms with E-state index in [0.717, 1.165) is 53.2 Å². The van der Waals surface area contributed by atoms with E-state index in [-0.39, 0.29) is 6.04 Å². The Kier molecular flexibility index (Phi) is 2.78. The molecule has 112 valence electrons. The third-order valence-corrected chi connectivity index (χ3v) is 4.89. The zero-order valence-electron chi connectivity index (χ0n) is 12.7. The Morgan fingerprint density at radius 2 is 2.23 bits per heavy atom. The fraction of sp³-hybridized carbons (Fsp3) is 0.412. The summed E-state index contributed by atoms with van der Waals surface area (Å²) >= 11 is 0. The predicted octanol–water partition coefficient (Wildman–Crippen LogP) is 2.76. The number of nitrogens with two attached hydrogens (primary N) is 1. The quantitative estimate of drug-likeness (QED) is 0.844. The summed E-state index contributed by atoms with van der Waals surface area (Å²) in [6.07, 6.45) is 3.08. The molecule has 0 aliphatic carbocycles. The fourth-order valence-electron chi connectivity index (χ4n) is 3.71. The normalized spacial score (nSPS) is 22.4. The van der Waals surface area contributed by atoms with Gasteiger partial charge in [-0.1, -0.05) is 0 Å². The van der Waals surface area contributed by atoms with Crippen LogP contribution < -0.4 is 11.1 Å². The number of hydrogen-bond donors (Lipinski definition) is 2. The second kappa shape index (κ2) is 4.59. The number of hydrogen-bond acceptors (Lipinski definition) is 5. The standard InChI is InChI=1S/C17H18N4O/c1-8-5-14(22-9(8)2)15-11(7-18)17(19)21-13-6-10-3-4-12(20-10)16(13)15/h5,10,12,20H,3-4,6H2,1-2H3,(H2,19,21)/t10-,12+/m1/s1. The number of rotatable bonds is 1. The summed E-state index contributed by atoms with van der Waals surface area (Å²) in [4.78, 5) is 4.51. The van der Waals surface area contributed by atoms with Crippen molar-refractivity contribution in [1.29, 1.82) is 5.26 Å². The van der Waals surface area contributed by atoms with Crippen molar-refractivity contribution in [2.45, 2.75) is 45.2 Å². The molecular formula is C17H18N4O. The van der Waals surface area contributed by atoms with Gasteiger partial charge in [-0.05, 0) is 38.3 Å². The molecule has 5 heteroatoms. The van der Waals surface area contributed by atoms with Crippen LogP contribution in [0.2, 0.25) is 0 Å². The molecular weight excluding hydrogens is 276 g/mol. The lowest BCUT2D eigenvalue weighted by Crippen LogP contribution is -2.33. The van der Waals surface area contributed by atoms with Crippen molar-refractivity contribution in [1.82, 2.24) is 10.3 Å². The van der Waals surface area contributed by atoms with Crippen LogP contribution in [0.3, 0.4) is 0 Å². The zero-order chi connectivity index (χ0) is 15.4. The highest BCUT2D eigenvalue weighted by Gasteiger charge is 2.37. The van der Waals surface area contributed by atoms with Gasteiger partial charge in [-0.3, -0.25) is 0 Å².